The van der Waals surface area contributed by atoms with Gasteiger partial charge in [0.15, 0.2) is 29.3 Å². The van der Waals surface area contributed by atoms with Gasteiger partial charge in [0.05, 0.1) is 17.5 Å². The summed E-state index contributed by atoms with van der Waals surface area (Å²) in [5.41, 5.74) is 6.57. The molecule has 4 atom stereocenters. The molecule has 0 aliphatic carbocycles. The van der Waals surface area contributed by atoms with Gasteiger partial charge < -0.3 is 19.9 Å². The predicted molar refractivity (Wildman–Crippen MR) is 126 cm³/mol. The van der Waals surface area contributed by atoms with E-state index in [9.17, 15) is 9.59 Å². The molecule has 36 heavy (non-hydrogen) atoms. The van der Waals surface area contributed by atoms with Crippen molar-refractivity contribution in [1.82, 2.24) is 19.5 Å². The van der Waals surface area contributed by atoms with Crippen molar-refractivity contribution in [3.63, 3.8) is 0 Å². The minimum Gasteiger partial charge on any atom is -0.459 e. The Kier molecular flexibility index (Phi) is 6.49. The second-order valence-corrected chi connectivity index (χ2v) is 8.26. The number of carbonyl (C=O) groups is 2. The predicted octanol–water partition coefficient (Wildman–Crippen LogP) is 3.38. The Balaban J connectivity index is 1.42. The molecule has 12 heteroatoms. The van der Waals surface area contributed by atoms with Gasteiger partial charge in [0, 0.05) is 0 Å². The number of halogens is 2. The van der Waals surface area contributed by atoms with Crippen LogP contribution in [-0.4, -0.2) is 56.4 Å². The first-order chi connectivity index (χ1) is 17.4. The summed E-state index contributed by atoms with van der Waals surface area (Å²) in [6, 6.07) is 16.4. The molecule has 1 aliphatic rings. The zero-order valence-electron chi connectivity index (χ0n) is 18.5. The maximum atomic E-state index is 15.8. The number of benzene rings is 2. The Morgan fingerprint density at radius 1 is 1.03 bits per heavy atom. The van der Waals surface area contributed by atoms with Gasteiger partial charge in [-0.1, -0.05) is 48.0 Å². The van der Waals surface area contributed by atoms with Crippen molar-refractivity contribution in [2.24, 2.45) is 0 Å². The second-order valence-electron chi connectivity index (χ2n) is 7.91. The van der Waals surface area contributed by atoms with E-state index in [1.165, 1.54) is 10.9 Å². The molecule has 2 aromatic carbocycles. The van der Waals surface area contributed by atoms with Gasteiger partial charge in [-0.25, -0.2) is 19.0 Å². The highest BCUT2D eigenvalue weighted by molar-refractivity contribution is 6.33. The summed E-state index contributed by atoms with van der Waals surface area (Å²) in [5.74, 6) is -1.52. The molecule has 0 saturated carbocycles. The summed E-state index contributed by atoms with van der Waals surface area (Å²) in [7, 11) is 0. The molecule has 0 radical (unpaired) electrons. The van der Waals surface area contributed by atoms with E-state index in [1.807, 2.05) is 0 Å². The van der Waals surface area contributed by atoms with Gasteiger partial charge in [-0.15, -0.1) is 0 Å². The van der Waals surface area contributed by atoms with Crippen LogP contribution < -0.4 is 5.73 Å². The minimum absolute atomic E-state index is 0.00921. The van der Waals surface area contributed by atoms with Crippen molar-refractivity contribution < 1.29 is 28.2 Å². The maximum absolute atomic E-state index is 15.8. The number of fused-ring (bicyclic) bond motifs is 1. The molecule has 0 bridgehead atoms. The fraction of sp³-hybridized carbons (Fsp3) is 0.208. The lowest BCUT2D eigenvalue weighted by Crippen LogP contribution is -2.37. The quantitative estimate of drug-likeness (QED) is 0.305. The molecule has 1 fully saturated rings. The SMILES string of the molecule is Nc1nc(Cl)c2ncn([C@H]3O[C@@H](COC(=O)c4ccccc4)[C@H](OC(=O)c4ccccc4)[C@H]3F)c2n1. The lowest BCUT2D eigenvalue weighted by molar-refractivity contribution is -0.0570. The summed E-state index contributed by atoms with van der Waals surface area (Å²) in [5, 5.41) is -0.00921. The summed E-state index contributed by atoms with van der Waals surface area (Å²) >= 11 is 6.09. The summed E-state index contributed by atoms with van der Waals surface area (Å²) in [4.78, 5) is 37.2. The van der Waals surface area contributed by atoms with E-state index in [4.69, 9.17) is 31.5 Å². The highest BCUT2D eigenvalue weighted by Crippen LogP contribution is 2.36. The molecule has 2 aromatic heterocycles. The number of nitrogen functional groups attached to an aromatic ring is 1. The number of hydrogen-bond acceptors (Lipinski definition) is 9. The molecule has 10 nitrogen and oxygen atoms in total. The molecule has 4 aromatic rings. The number of esters is 2. The lowest BCUT2D eigenvalue weighted by atomic mass is 10.1. The van der Waals surface area contributed by atoms with Crippen LogP contribution in [-0.2, 0) is 14.2 Å². The monoisotopic (exact) mass is 511 g/mol. The first kappa shape index (κ1) is 23.6. The van der Waals surface area contributed by atoms with E-state index in [2.05, 4.69) is 15.0 Å². The first-order valence-electron chi connectivity index (χ1n) is 10.9. The summed E-state index contributed by atoms with van der Waals surface area (Å²) < 4.78 is 33.9. The van der Waals surface area contributed by atoms with Gasteiger partial charge in [-0.3, -0.25) is 4.57 Å². The highest BCUT2D eigenvalue weighted by atomic mass is 35.5. The van der Waals surface area contributed by atoms with Gasteiger partial charge in [0.1, 0.15) is 18.2 Å². The Morgan fingerprint density at radius 2 is 1.67 bits per heavy atom. The number of alkyl halides is 1. The number of hydrogen-bond donors (Lipinski definition) is 1. The van der Waals surface area contributed by atoms with Crippen LogP contribution >= 0.6 is 11.6 Å². The zero-order valence-corrected chi connectivity index (χ0v) is 19.3. The van der Waals surface area contributed by atoms with Gasteiger partial charge >= 0.3 is 11.9 Å². The van der Waals surface area contributed by atoms with Gasteiger partial charge in [-0.2, -0.15) is 9.97 Å². The topological polar surface area (TPSA) is 131 Å². The zero-order chi connectivity index (χ0) is 25.2. The standard InChI is InChI=1S/C24H19ClFN5O5/c25-19-17-20(30-24(27)29-19)31(12-28-17)21-16(26)18(36-23(33)14-9-5-2-6-10-14)15(35-21)11-34-22(32)13-7-3-1-4-8-13/h1-10,12,15-16,18,21H,11H2,(H2,27,29,30)/t15-,16+,18-,21-/m0/s1. The number of imidazole rings is 1. The molecule has 2 N–H and O–H groups in total. The molecule has 0 spiro atoms. The fourth-order valence-corrected chi connectivity index (χ4v) is 4.08. The number of nitrogens with zero attached hydrogens (tertiary/aromatic N) is 4. The maximum Gasteiger partial charge on any atom is 0.338 e. The Morgan fingerprint density at radius 3 is 2.33 bits per heavy atom. The van der Waals surface area contributed by atoms with Crippen molar-refractivity contribution in [3.8, 4) is 0 Å². The Hall–Kier alpha value is -4.09. The van der Waals surface area contributed by atoms with Gasteiger partial charge in [-0.05, 0) is 24.3 Å². The number of anilines is 1. The van der Waals surface area contributed by atoms with Crippen LogP contribution in [0.1, 0.15) is 26.9 Å². The van der Waals surface area contributed by atoms with Crippen molar-refractivity contribution in [3.05, 3.63) is 83.3 Å². The molecule has 5 rings (SSSR count). The van der Waals surface area contributed by atoms with Crippen LogP contribution in [0, 0.1) is 0 Å². The number of carbonyl (C=O) groups excluding carboxylic acids is 2. The lowest BCUT2D eigenvalue weighted by Gasteiger charge is -2.19. The van der Waals surface area contributed by atoms with E-state index in [0.717, 1.165) is 0 Å². The Labute approximate surface area is 208 Å². The first-order valence-corrected chi connectivity index (χ1v) is 11.2. The number of aromatic nitrogens is 4. The fourth-order valence-electron chi connectivity index (χ4n) is 3.86. The summed E-state index contributed by atoms with van der Waals surface area (Å²) in [6.07, 6.45) is -4.45. The highest BCUT2D eigenvalue weighted by Gasteiger charge is 2.50. The van der Waals surface area contributed by atoms with Crippen molar-refractivity contribution in [1.29, 1.82) is 0 Å². The number of ether oxygens (including phenoxy) is 3. The Bertz CT molecular complexity index is 1400. The van der Waals surface area contributed by atoms with Crippen LogP contribution in [0.5, 0.6) is 0 Å². The van der Waals surface area contributed by atoms with Crippen LogP contribution in [0.15, 0.2) is 67.0 Å². The van der Waals surface area contributed by atoms with E-state index < -0.39 is 36.5 Å². The molecule has 1 saturated heterocycles. The van der Waals surface area contributed by atoms with Gasteiger partial charge in [0.25, 0.3) is 0 Å². The van der Waals surface area contributed by atoms with Gasteiger partial charge in [0.2, 0.25) is 5.95 Å². The van der Waals surface area contributed by atoms with E-state index in [1.54, 1.807) is 60.7 Å². The summed E-state index contributed by atoms with van der Waals surface area (Å²) in [6.45, 7) is -0.373. The molecular formula is C24H19ClFN5O5. The van der Waals surface area contributed by atoms with Crippen molar-refractivity contribution >= 4 is 40.7 Å². The average Bonchev–Trinajstić information content (AvgIpc) is 3.44. The van der Waals surface area contributed by atoms with Crippen LogP contribution in [0.2, 0.25) is 5.15 Å². The molecular weight excluding hydrogens is 493 g/mol. The minimum atomic E-state index is -1.87. The number of nitrogens with two attached hydrogens (primary N) is 1. The van der Waals surface area contributed by atoms with E-state index in [0.29, 0.717) is 5.56 Å². The largest absolute Gasteiger partial charge is 0.459 e. The molecule has 1 aliphatic heterocycles. The van der Waals surface area contributed by atoms with Crippen LogP contribution in [0.3, 0.4) is 0 Å². The van der Waals surface area contributed by atoms with Crippen LogP contribution in [0.4, 0.5) is 10.3 Å². The molecule has 3 heterocycles. The van der Waals surface area contributed by atoms with E-state index >= 15 is 4.39 Å². The third-order valence-corrected chi connectivity index (χ3v) is 5.84. The van der Waals surface area contributed by atoms with Crippen LogP contribution in [0.25, 0.3) is 11.2 Å². The second kappa shape index (κ2) is 9.88. The smallest absolute Gasteiger partial charge is 0.338 e. The third kappa shape index (κ3) is 4.58. The van der Waals surface area contributed by atoms with E-state index in [-0.39, 0.29) is 34.4 Å². The average molecular weight is 512 g/mol. The molecule has 0 amide bonds. The third-order valence-electron chi connectivity index (χ3n) is 5.58. The molecule has 0 unspecified atom stereocenters. The number of rotatable bonds is 6. The van der Waals surface area contributed by atoms with Crippen molar-refractivity contribution in [2.45, 2.75) is 24.6 Å². The van der Waals surface area contributed by atoms with Crippen molar-refractivity contribution in [2.75, 3.05) is 12.3 Å². The molecule has 184 valence electrons. The normalized spacial score (nSPS) is 21.4.